The monoisotopic (exact) mass is 210 g/mol. The van der Waals surface area contributed by atoms with Gasteiger partial charge in [0.1, 0.15) is 0 Å². The molecule has 4 nitrogen and oxygen atoms in total. The zero-order chi connectivity index (χ0) is 11.4. The summed E-state index contributed by atoms with van der Waals surface area (Å²) in [4.78, 5) is 10.8. The number of rotatable bonds is 5. The van der Waals surface area contributed by atoms with Crippen molar-refractivity contribution in [2.24, 2.45) is 5.92 Å². The van der Waals surface area contributed by atoms with Crippen molar-refractivity contribution in [2.45, 2.75) is 39.7 Å². The average Bonchev–Trinajstić information content (AvgIpc) is 2.64. The second-order valence-corrected chi connectivity index (χ2v) is 3.95. The smallest absolute Gasteiger partial charge is 0.306 e. The van der Waals surface area contributed by atoms with Gasteiger partial charge in [-0.1, -0.05) is 20.8 Å². The quantitative estimate of drug-likeness (QED) is 0.809. The molecule has 1 rings (SSSR count). The number of nitrogens with zero attached hydrogens (tertiary/aromatic N) is 2. The lowest BCUT2D eigenvalue weighted by atomic mass is 9.91. The third kappa shape index (κ3) is 2.81. The highest BCUT2D eigenvalue weighted by Gasteiger charge is 2.21. The lowest BCUT2D eigenvalue weighted by Gasteiger charge is -2.13. The van der Waals surface area contributed by atoms with Crippen LogP contribution in [0.25, 0.3) is 0 Å². The molecule has 1 heterocycles. The van der Waals surface area contributed by atoms with E-state index >= 15 is 0 Å². The minimum atomic E-state index is -0.759. The van der Waals surface area contributed by atoms with Gasteiger partial charge in [0.2, 0.25) is 0 Å². The second-order valence-electron chi connectivity index (χ2n) is 3.95. The van der Waals surface area contributed by atoms with Crippen LogP contribution in [-0.2, 0) is 11.3 Å². The van der Waals surface area contributed by atoms with Gasteiger partial charge >= 0.3 is 5.97 Å². The van der Waals surface area contributed by atoms with E-state index in [9.17, 15) is 4.79 Å². The molecule has 2 atom stereocenters. The maximum absolute atomic E-state index is 10.8. The van der Waals surface area contributed by atoms with Crippen LogP contribution in [0.2, 0.25) is 0 Å². The fourth-order valence-electron chi connectivity index (χ4n) is 1.47. The molecule has 4 heteroatoms. The van der Waals surface area contributed by atoms with Gasteiger partial charge in [0.15, 0.2) is 0 Å². The standard InChI is InChI=1S/C11H18N2O2/c1-4-5-13-7-10(6-12-13)8(2)9(3)11(14)15/h6-9H,4-5H2,1-3H3,(H,14,15). The van der Waals surface area contributed by atoms with Crippen LogP contribution in [-0.4, -0.2) is 20.9 Å². The summed E-state index contributed by atoms with van der Waals surface area (Å²) in [6, 6.07) is 0. The topological polar surface area (TPSA) is 55.1 Å². The Morgan fingerprint density at radius 2 is 2.27 bits per heavy atom. The first-order valence-electron chi connectivity index (χ1n) is 5.31. The van der Waals surface area contributed by atoms with Crippen molar-refractivity contribution in [3.63, 3.8) is 0 Å². The first-order chi connectivity index (χ1) is 7.06. The fourth-order valence-corrected chi connectivity index (χ4v) is 1.47. The number of hydrogen-bond donors (Lipinski definition) is 1. The van der Waals surface area contributed by atoms with Gasteiger partial charge in [-0.15, -0.1) is 0 Å². The summed E-state index contributed by atoms with van der Waals surface area (Å²) >= 11 is 0. The van der Waals surface area contributed by atoms with Crippen LogP contribution >= 0.6 is 0 Å². The van der Waals surface area contributed by atoms with E-state index in [1.165, 1.54) is 0 Å². The van der Waals surface area contributed by atoms with E-state index in [2.05, 4.69) is 12.0 Å². The molecule has 1 aromatic heterocycles. The van der Waals surface area contributed by atoms with E-state index in [1.807, 2.05) is 17.8 Å². The van der Waals surface area contributed by atoms with E-state index in [0.29, 0.717) is 0 Å². The summed E-state index contributed by atoms with van der Waals surface area (Å²) < 4.78 is 1.86. The van der Waals surface area contributed by atoms with Crippen molar-refractivity contribution >= 4 is 5.97 Å². The van der Waals surface area contributed by atoms with Crippen molar-refractivity contribution in [1.29, 1.82) is 0 Å². The van der Waals surface area contributed by atoms with Gasteiger partial charge in [-0.05, 0) is 17.9 Å². The minimum absolute atomic E-state index is 0.00751. The molecule has 0 amide bonds. The Bertz CT molecular complexity index is 333. The van der Waals surface area contributed by atoms with Crippen molar-refractivity contribution in [1.82, 2.24) is 9.78 Å². The highest BCUT2D eigenvalue weighted by molar-refractivity contribution is 5.70. The average molecular weight is 210 g/mol. The summed E-state index contributed by atoms with van der Waals surface area (Å²) in [5.74, 6) is -1.12. The lowest BCUT2D eigenvalue weighted by Crippen LogP contribution is -2.16. The Morgan fingerprint density at radius 3 is 2.80 bits per heavy atom. The van der Waals surface area contributed by atoms with E-state index in [1.54, 1.807) is 13.1 Å². The molecule has 0 spiro atoms. The van der Waals surface area contributed by atoms with Gasteiger partial charge in [-0.3, -0.25) is 9.48 Å². The number of aromatic nitrogens is 2. The molecule has 1 N–H and O–H groups in total. The molecule has 0 saturated carbocycles. The highest BCUT2D eigenvalue weighted by Crippen LogP contribution is 2.23. The van der Waals surface area contributed by atoms with E-state index < -0.39 is 5.97 Å². The van der Waals surface area contributed by atoms with Crippen molar-refractivity contribution < 1.29 is 9.90 Å². The van der Waals surface area contributed by atoms with Gasteiger partial charge in [0.05, 0.1) is 12.1 Å². The Labute approximate surface area is 89.9 Å². The van der Waals surface area contributed by atoms with Gasteiger partial charge in [-0.25, -0.2) is 0 Å². The van der Waals surface area contributed by atoms with E-state index in [4.69, 9.17) is 5.11 Å². The molecule has 1 aromatic rings. The molecular formula is C11H18N2O2. The van der Waals surface area contributed by atoms with Crippen LogP contribution in [0, 0.1) is 5.92 Å². The van der Waals surface area contributed by atoms with Crippen LogP contribution in [0.3, 0.4) is 0 Å². The second kappa shape index (κ2) is 4.96. The van der Waals surface area contributed by atoms with Crippen molar-refractivity contribution in [3.05, 3.63) is 18.0 Å². The molecule has 0 aliphatic rings. The van der Waals surface area contributed by atoms with Crippen molar-refractivity contribution in [2.75, 3.05) is 0 Å². The molecule has 0 radical (unpaired) electrons. The molecule has 0 bridgehead atoms. The highest BCUT2D eigenvalue weighted by atomic mass is 16.4. The van der Waals surface area contributed by atoms with Gasteiger partial charge in [0, 0.05) is 12.7 Å². The number of carbonyl (C=O) groups is 1. The molecule has 2 unspecified atom stereocenters. The van der Waals surface area contributed by atoms with Crippen LogP contribution in [0.1, 0.15) is 38.7 Å². The van der Waals surface area contributed by atoms with Crippen molar-refractivity contribution in [3.8, 4) is 0 Å². The van der Waals surface area contributed by atoms with E-state index in [-0.39, 0.29) is 11.8 Å². The number of carboxylic acid groups (broad SMARTS) is 1. The van der Waals surface area contributed by atoms with Crippen LogP contribution < -0.4 is 0 Å². The summed E-state index contributed by atoms with van der Waals surface area (Å²) in [5, 5.41) is 13.1. The predicted molar refractivity (Wildman–Crippen MR) is 57.7 cm³/mol. The normalized spacial score (nSPS) is 14.9. The zero-order valence-electron chi connectivity index (χ0n) is 9.47. The predicted octanol–water partition coefficient (Wildman–Crippen LogP) is 2.12. The summed E-state index contributed by atoms with van der Waals surface area (Å²) in [6.45, 7) is 6.62. The zero-order valence-corrected chi connectivity index (χ0v) is 9.47. The third-order valence-electron chi connectivity index (χ3n) is 2.77. The summed E-state index contributed by atoms with van der Waals surface area (Å²) in [5.41, 5.74) is 0.998. The van der Waals surface area contributed by atoms with Gasteiger partial charge in [-0.2, -0.15) is 5.10 Å². The van der Waals surface area contributed by atoms with Crippen LogP contribution in [0.15, 0.2) is 12.4 Å². The number of aryl methyl sites for hydroxylation is 1. The third-order valence-corrected chi connectivity index (χ3v) is 2.77. The first-order valence-corrected chi connectivity index (χ1v) is 5.31. The maximum atomic E-state index is 10.8. The molecule has 0 aliphatic carbocycles. The Balaban J connectivity index is 2.73. The summed E-state index contributed by atoms with van der Waals surface area (Å²) in [6.07, 6.45) is 4.73. The number of hydrogen-bond acceptors (Lipinski definition) is 2. The Kier molecular flexibility index (Phi) is 3.88. The first kappa shape index (κ1) is 11.8. The molecule has 84 valence electrons. The molecule has 0 aromatic carbocycles. The van der Waals surface area contributed by atoms with Gasteiger partial charge < -0.3 is 5.11 Å². The summed E-state index contributed by atoms with van der Waals surface area (Å²) in [7, 11) is 0. The fraction of sp³-hybridized carbons (Fsp3) is 0.636. The van der Waals surface area contributed by atoms with Crippen LogP contribution in [0.4, 0.5) is 0 Å². The van der Waals surface area contributed by atoms with Gasteiger partial charge in [0.25, 0.3) is 0 Å². The molecule has 15 heavy (non-hydrogen) atoms. The molecular weight excluding hydrogens is 192 g/mol. The molecule has 0 fully saturated rings. The molecule has 0 saturated heterocycles. The Hall–Kier alpha value is -1.32. The molecule has 0 aliphatic heterocycles. The maximum Gasteiger partial charge on any atom is 0.306 e. The Morgan fingerprint density at radius 1 is 1.60 bits per heavy atom. The van der Waals surface area contributed by atoms with E-state index in [0.717, 1.165) is 18.5 Å². The number of carboxylic acids is 1. The van der Waals surface area contributed by atoms with Crippen LogP contribution in [0.5, 0.6) is 0 Å². The minimum Gasteiger partial charge on any atom is -0.481 e. The largest absolute Gasteiger partial charge is 0.481 e. The lowest BCUT2D eigenvalue weighted by molar-refractivity contribution is -0.141. The SMILES string of the molecule is CCCn1cc(C(C)C(C)C(=O)O)cn1. The number of aliphatic carboxylic acids is 1.